The van der Waals surface area contributed by atoms with Crippen LogP contribution in [-0.4, -0.2) is 38.6 Å². The Morgan fingerprint density at radius 3 is 2.83 bits per heavy atom. The van der Waals surface area contributed by atoms with Crippen LogP contribution in [-0.2, 0) is 14.2 Å². The van der Waals surface area contributed by atoms with E-state index in [1.54, 1.807) is 6.08 Å². The molecule has 0 unspecified atom stereocenters. The average molecular weight is 401 g/mol. The molecule has 2 fully saturated rings. The minimum absolute atomic E-state index is 0.207. The zero-order valence-electron chi connectivity index (χ0n) is 12.6. The third-order valence-corrected chi connectivity index (χ3v) is 4.98. The van der Waals surface area contributed by atoms with Gasteiger partial charge in [0.1, 0.15) is 35.4 Å². The molecule has 23 heavy (non-hydrogen) atoms. The smallest absolute Gasteiger partial charge is 0.165 e. The molecule has 0 aliphatic carbocycles. The fourth-order valence-electron chi connectivity index (χ4n) is 3.22. The molecule has 8 heteroatoms. The van der Waals surface area contributed by atoms with Crippen molar-refractivity contribution in [2.24, 2.45) is 0 Å². The summed E-state index contributed by atoms with van der Waals surface area (Å²) in [6, 6.07) is 0. The molecule has 2 aliphatic heterocycles. The molecule has 4 atom stereocenters. The fraction of sp³-hybridized carbons (Fsp3) is 0.467. The molecule has 4 rings (SSSR count). The zero-order valence-corrected chi connectivity index (χ0v) is 14.9. The molecule has 2 aliphatic rings. The highest BCUT2D eigenvalue weighted by Gasteiger charge is 2.55. The number of fused-ring (bicyclic) bond motifs is 2. The van der Waals surface area contributed by atoms with E-state index in [0.717, 1.165) is 9.86 Å². The number of hydrogen-bond donors (Lipinski definition) is 0. The zero-order chi connectivity index (χ0) is 16.4. The van der Waals surface area contributed by atoms with Crippen LogP contribution in [0, 0.1) is 0 Å². The molecule has 0 aromatic carbocycles. The lowest BCUT2D eigenvalue weighted by atomic mass is 10.1. The molecular weight excluding hydrogens is 386 g/mol. The second-order valence-corrected chi connectivity index (χ2v) is 7.25. The molecule has 4 heterocycles. The van der Waals surface area contributed by atoms with Crippen LogP contribution in [0.3, 0.4) is 0 Å². The largest absolute Gasteiger partial charge is 0.345 e. The quantitative estimate of drug-likeness (QED) is 0.571. The van der Waals surface area contributed by atoms with Crippen LogP contribution >= 0.6 is 27.5 Å². The van der Waals surface area contributed by atoms with Gasteiger partial charge in [-0.2, -0.15) is 0 Å². The van der Waals surface area contributed by atoms with Crippen molar-refractivity contribution in [2.45, 2.75) is 44.2 Å². The van der Waals surface area contributed by atoms with E-state index in [2.05, 4.69) is 32.5 Å². The number of hydrogen-bond acceptors (Lipinski definition) is 5. The molecule has 122 valence electrons. The molecule has 2 aromatic rings. The predicted molar refractivity (Wildman–Crippen MR) is 88.2 cm³/mol. The summed E-state index contributed by atoms with van der Waals surface area (Å²) in [5, 5.41) is 1.13. The van der Waals surface area contributed by atoms with Crippen LogP contribution in [0.15, 0.2) is 29.7 Å². The summed E-state index contributed by atoms with van der Waals surface area (Å²) in [5.41, 5.74) is 0.679. The van der Waals surface area contributed by atoms with Crippen molar-refractivity contribution >= 4 is 38.6 Å². The Labute approximate surface area is 146 Å². The van der Waals surface area contributed by atoms with Crippen LogP contribution < -0.4 is 0 Å². The van der Waals surface area contributed by atoms with Crippen LogP contribution in [0.5, 0.6) is 0 Å². The van der Waals surface area contributed by atoms with Gasteiger partial charge in [-0.05, 0) is 29.8 Å². The van der Waals surface area contributed by atoms with Crippen LogP contribution in [0.25, 0.3) is 11.0 Å². The lowest BCUT2D eigenvalue weighted by Gasteiger charge is -2.24. The van der Waals surface area contributed by atoms with Gasteiger partial charge in [-0.15, -0.1) is 6.58 Å². The minimum atomic E-state index is -0.661. The summed E-state index contributed by atoms with van der Waals surface area (Å²) >= 11 is 9.70. The van der Waals surface area contributed by atoms with E-state index in [9.17, 15) is 0 Å². The molecule has 0 radical (unpaired) electrons. The topological polar surface area (TPSA) is 58.4 Å². The van der Waals surface area contributed by atoms with Gasteiger partial charge in [0.25, 0.3) is 0 Å². The number of nitrogens with zero attached hydrogens (tertiary/aromatic N) is 3. The summed E-state index contributed by atoms with van der Waals surface area (Å²) < 4.78 is 20.8. The molecule has 0 N–H and O–H groups in total. The van der Waals surface area contributed by atoms with Gasteiger partial charge in [-0.3, -0.25) is 0 Å². The summed E-state index contributed by atoms with van der Waals surface area (Å²) in [6.07, 6.45) is 3.95. The predicted octanol–water partition coefficient (Wildman–Crippen LogP) is 3.45. The first-order valence-electron chi connectivity index (χ1n) is 7.21. The van der Waals surface area contributed by atoms with Crippen molar-refractivity contribution in [1.82, 2.24) is 14.5 Å². The summed E-state index contributed by atoms with van der Waals surface area (Å²) in [6.45, 7) is 7.62. The Hall–Kier alpha value is -0.990. The lowest BCUT2D eigenvalue weighted by Crippen LogP contribution is -2.27. The number of halogens is 2. The van der Waals surface area contributed by atoms with E-state index in [1.807, 2.05) is 24.6 Å². The van der Waals surface area contributed by atoms with Crippen molar-refractivity contribution in [2.75, 3.05) is 0 Å². The van der Waals surface area contributed by atoms with Crippen molar-refractivity contribution in [3.8, 4) is 0 Å². The van der Waals surface area contributed by atoms with Gasteiger partial charge in [0.05, 0.1) is 5.39 Å². The third-order valence-electron chi connectivity index (χ3n) is 4.09. The SMILES string of the molecule is C=C[C@H]1O[C@@H](n2cc(Br)c3c(Cl)ncnc32)[C@@H]2OC(C)(C)O[C@@H]21. The maximum absolute atomic E-state index is 6.19. The molecule has 2 saturated heterocycles. The Bertz CT molecular complexity index is 794. The van der Waals surface area contributed by atoms with E-state index < -0.39 is 5.79 Å². The standard InChI is InChI=1S/C15H15BrClN3O3/c1-4-8-10-11(23-15(2,3)22-10)14(21-8)20-5-7(16)9-12(17)18-6-19-13(9)20/h4-6,8,10-11,14H,1H2,2-3H3/t8-,10-,11-,14-/m1/s1. The molecule has 0 bridgehead atoms. The molecular formula is C15H15BrClN3O3. The normalized spacial score (nSPS) is 32.3. The van der Waals surface area contributed by atoms with E-state index in [-0.39, 0.29) is 24.5 Å². The van der Waals surface area contributed by atoms with Gasteiger partial charge in [-0.25, -0.2) is 9.97 Å². The van der Waals surface area contributed by atoms with Gasteiger partial charge >= 0.3 is 0 Å². The Morgan fingerprint density at radius 1 is 1.35 bits per heavy atom. The van der Waals surface area contributed by atoms with Gasteiger partial charge in [0.15, 0.2) is 12.0 Å². The third kappa shape index (κ3) is 2.34. The Morgan fingerprint density at radius 2 is 2.09 bits per heavy atom. The first kappa shape index (κ1) is 15.5. The van der Waals surface area contributed by atoms with E-state index in [0.29, 0.717) is 10.8 Å². The van der Waals surface area contributed by atoms with Gasteiger partial charge < -0.3 is 18.8 Å². The Balaban J connectivity index is 1.82. The monoisotopic (exact) mass is 399 g/mol. The van der Waals surface area contributed by atoms with Crippen LogP contribution in [0.2, 0.25) is 5.15 Å². The number of rotatable bonds is 2. The summed E-state index contributed by atoms with van der Waals surface area (Å²) in [5.74, 6) is -0.661. The van der Waals surface area contributed by atoms with E-state index in [4.69, 9.17) is 25.8 Å². The van der Waals surface area contributed by atoms with E-state index in [1.165, 1.54) is 6.33 Å². The van der Waals surface area contributed by atoms with E-state index >= 15 is 0 Å². The van der Waals surface area contributed by atoms with Gasteiger partial charge in [0.2, 0.25) is 0 Å². The van der Waals surface area contributed by atoms with Crippen molar-refractivity contribution in [3.05, 3.63) is 34.8 Å². The second kappa shape index (κ2) is 5.26. The van der Waals surface area contributed by atoms with Crippen molar-refractivity contribution in [3.63, 3.8) is 0 Å². The maximum atomic E-state index is 6.19. The maximum Gasteiger partial charge on any atom is 0.165 e. The molecule has 0 spiro atoms. The molecule has 0 saturated carbocycles. The number of aromatic nitrogens is 3. The fourth-order valence-corrected chi connectivity index (χ4v) is 4.15. The molecule has 2 aromatic heterocycles. The average Bonchev–Trinajstić information content (AvgIpc) is 3.08. The molecule has 0 amide bonds. The minimum Gasteiger partial charge on any atom is -0.345 e. The second-order valence-electron chi connectivity index (χ2n) is 6.04. The first-order chi connectivity index (χ1) is 10.9. The summed E-state index contributed by atoms with van der Waals surface area (Å²) in [7, 11) is 0. The van der Waals surface area contributed by atoms with Crippen molar-refractivity contribution < 1.29 is 14.2 Å². The Kier molecular flexibility index (Phi) is 3.55. The van der Waals surface area contributed by atoms with Crippen molar-refractivity contribution in [1.29, 1.82) is 0 Å². The van der Waals surface area contributed by atoms with Gasteiger partial charge in [0, 0.05) is 10.7 Å². The highest BCUT2D eigenvalue weighted by molar-refractivity contribution is 9.10. The highest BCUT2D eigenvalue weighted by Crippen LogP contribution is 2.45. The lowest BCUT2D eigenvalue weighted by molar-refractivity contribution is -0.191. The van der Waals surface area contributed by atoms with Crippen LogP contribution in [0.4, 0.5) is 0 Å². The molecule has 6 nitrogen and oxygen atoms in total. The highest BCUT2D eigenvalue weighted by atomic mass is 79.9. The van der Waals surface area contributed by atoms with Gasteiger partial charge in [-0.1, -0.05) is 17.7 Å². The summed E-state index contributed by atoms with van der Waals surface area (Å²) in [4.78, 5) is 8.37. The number of ether oxygens (including phenoxy) is 3. The van der Waals surface area contributed by atoms with Crippen LogP contribution in [0.1, 0.15) is 20.1 Å². The first-order valence-corrected chi connectivity index (χ1v) is 8.38.